The summed E-state index contributed by atoms with van der Waals surface area (Å²) < 4.78 is 4.77. The summed E-state index contributed by atoms with van der Waals surface area (Å²) in [6.07, 6.45) is 3.37. The van der Waals surface area contributed by atoms with Crippen LogP contribution in [0.15, 0.2) is 0 Å². The van der Waals surface area contributed by atoms with Crippen molar-refractivity contribution in [1.29, 1.82) is 0 Å². The van der Waals surface area contributed by atoms with E-state index >= 15 is 0 Å². The van der Waals surface area contributed by atoms with Crippen molar-refractivity contribution in [2.75, 3.05) is 26.2 Å². The van der Waals surface area contributed by atoms with E-state index in [1.165, 1.54) is 6.42 Å². The van der Waals surface area contributed by atoms with E-state index in [1.807, 2.05) is 0 Å². The van der Waals surface area contributed by atoms with Crippen molar-refractivity contribution in [3.8, 4) is 0 Å². The Bertz CT molecular complexity index is 293. The third-order valence-electron chi connectivity index (χ3n) is 3.96. The molecule has 0 aromatic heterocycles. The number of piperidine rings is 1. The maximum absolute atomic E-state index is 11.7. The number of hydrogen-bond acceptors (Lipinski definition) is 4. The Labute approximate surface area is 110 Å². The van der Waals surface area contributed by atoms with E-state index in [4.69, 9.17) is 4.74 Å². The molecule has 1 fully saturated rings. The van der Waals surface area contributed by atoms with Crippen molar-refractivity contribution in [3.05, 3.63) is 0 Å². The Kier molecular flexibility index (Phi) is 5.79. The molecular formula is C14H25NO3. The van der Waals surface area contributed by atoms with Crippen molar-refractivity contribution < 1.29 is 14.3 Å². The maximum atomic E-state index is 11.7. The number of rotatable bonds is 6. The van der Waals surface area contributed by atoms with Crippen molar-refractivity contribution in [1.82, 2.24) is 4.90 Å². The quantitative estimate of drug-likeness (QED) is 0.538. The zero-order valence-corrected chi connectivity index (χ0v) is 11.8. The molecule has 0 radical (unpaired) electrons. The fraction of sp³-hybridized carbons (Fsp3) is 0.857. The molecule has 1 aliphatic heterocycles. The van der Waals surface area contributed by atoms with Crippen LogP contribution in [0.3, 0.4) is 0 Å². The lowest BCUT2D eigenvalue weighted by Gasteiger charge is -2.38. The summed E-state index contributed by atoms with van der Waals surface area (Å²) in [6.45, 7) is 8.92. The largest absolute Gasteiger partial charge is 0.466 e. The molecule has 1 heterocycles. The van der Waals surface area contributed by atoms with Gasteiger partial charge in [0.2, 0.25) is 0 Å². The lowest BCUT2D eigenvalue weighted by molar-refractivity contribution is -0.145. The molecular weight excluding hydrogens is 230 g/mol. The van der Waals surface area contributed by atoms with Gasteiger partial charge in [-0.1, -0.05) is 20.3 Å². The average Bonchev–Trinajstić information content (AvgIpc) is 2.32. The fourth-order valence-electron chi connectivity index (χ4n) is 2.28. The van der Waals surface area contributed by atoms with Gasteiger partial charge < -0.3 is 4.74 Å². The lowest BCUT2D eigenvalue weighted by atomic mass is 9.78. The first-order valence-corrected chi connectivity index (χ1v) is 6.89. The average molecular weight is 255 g/mol. The number of likely N-dealkylation sites (tertiary alicyclic amines) is 1. The minimum absolute atomic E-state index is 0.0337. The fourth-order valence-corrected chi connectivity index (χ4v) is 2.28. The van der Waals surface area contributed by atoms with E-state index in [9.17, 15) is 9.59 Å². The van der Waals surface area contributed by atoms with Crippen LogP contribution in [0.5, 0.6) is 0 Å². The highest BCUT2D eigenvalue weighted by atomic mass is 16.5. The first-order chi connectivity index (χ1) is 8.49. The molecule has 104 valence electrons. The van der Waals surface area contributed by atoms with Crippen molar-refractivity contribution in [2.45, 2.75) is 46.5 Å². The number of ether oxygens (including phenoxy) is 1. The van der Waals surface area contributed by atoms with Gasteiger partial charge in [0.25, 0.3) is 0 Å². The smallest absolute Gasteiger partial charge is 0.313 e. The van der Waals surface area contributed by atoms with E-state index in [-0.39, 0.29) is 12.2 Å². The van der Waals surface area contributed by atoms with E-state index in [0.29, 0.717) is 18.6 Å². The van der Waals surface area contributed by atoms with E-state index in [2.05, 4.69) is 18.7 Å². The van der Waals surface area contributed by atoms with E-state index < -0.39 is 5.97 Å². The normalized spacial score (nSPS) is 19.5. The highest BCUT2D eigenvalue weighted by Gasteiger charge is 2.29. The predicted molar refractivity (Wildman–Crippen MR) is 70.3 cm³/mol. The molecule has 0 saturated carbocycles. The minimum Gasteiger partial charge on any atom is -0.466 e. The van der Waals surface area contributed by atoms with Gasteiger partial charge >= 0.3 is 5.97 Å². The molecule has 1 saturated heterocycles. The Morgan fingerprint density at radius 2 is 1.83 bits per heavy atom. The van der Waals surface area contributed by atoms with Crippen LogP contribution >= 0.6 is 0 Å². The van der Waals surface area contributed by atoms with Gasteiger partial charge in [-0.2, -0.15) is 0 Å². The Balaban J connectivity index is 2.28. The Morgan fingerprint density at radius 3 is 2.33 bits per heavy atom. The highest BCUT2D eigenvalue weighted by molar-refractivity contribution is 5.96. The minimum atomic E-state index is -0.405. The van der Waals surface area contributed by atoms with Gasteiger partial charge in [0.05, 0.1) is 13.2 Å². The van der Waals surface area contributed by atoms with Crippen molar-refractivity contribution in [3.63, 3.8) is 0 Å². The van der Waals surface area contributed by atoms with Gasteiger partial charge in [0, 0.05) is 0 Å². The summed E-state index contributed by atoms with van der Waals surface area (Å²) in [4.78, 5) is 25.0. The van der Waals surface area contributed by atoms with Crippen LogP contribution in [0, 0.1) is 5.41 Å². The first-order valence-electron chi connectivity index (χ1n) is 6.89. The second-order valence-electron chi connectivity index (χ2n) is 5.46. The Hall–Kier alpha value is -0.900. The molecule has 0 N–H and O–H groups in total. The predicted octanol–water partition coefficient (Wildman–Crippen LogP) is 2.02. The number of hydrogen-bond donors (Lipinski definition) is 0. The van der Waals surface area contributed by atoms with E-state index in [1.54, 1.807) is 6.92 Å². The third-order valence-corrected chi connectivity index (χ3v) is 3.96. The number of ketones is 1. The molecule has 1 rings (SSSR count). The number of carbonyl (C=O) groups is 2. The molecule has 0 aromatic carbocycles. The summed E-state index contributed by atoms with van der Waals surface area (Å²) in [6, 6.07) is 0. The number of nitrogens with zero attached hydrogens (tertiary/aromatic N) is 1. The summed E-state index contributed by atoms with van der Waals surface area (Å²) in [5, 5.41) is 0. The number of Topliss-reactive ketones (excluding diaryl/α,β-unsaturated/α-hetero) is 1. The van der Waals surface area contributed by atoms with Gasteiger partial charge in [-0.05, 0) is 38.3 Å². The molecule has 0 unspecified atom stereocenters. The third kappa shape index (κ3) is 4.77. The van der Waals surface area contributed by atoms with Crippen LogP contribution in [0.1, 0.15) is 46.5 Å². The molecule has 0 aliphatic carbocycles. The van der Waals surface area contributed by atoms with Gasteiger partial charge in [-0.25, -0.2) is 0 Å². The first kappa shape index (κ1) is 15.2. The van der Waals surface area contributed by atoms with Crippen LogP contribution in [0.4, 0.5) is 0 Å². The van der Waals surface area contributed by atoms with Crippen molar-refractivity contribution in [2.24, 2.45) is 5.41 Å². The number of esters is 1. The van der Waals surface area contributed by atoms with Crippen LogP contribution in [0.2, 0.25) is 0 Å². The standard InChI is InChI=1S/C14H25NO3/c1-4-14(3)6-8-15(9-7-14)11-12(16)10-13(17)18-5-2/h4-11H2,1-3H3. The molecule has 0 spiro atoms. The van der Waals surface area contributed by atoms with Gasteiger partial charge in [-0.15, -0.1) is 0 Å². The van der Waals surface area contributed by atoms with Crippen LogP contribution < -0.4 is 0 Å². The molecule has 1 aliphatic rings. The lowest BCUT2D eigenvalue weighted by Crippen LogP contribution is -2.41. The summed E-state index contributed by atoms with van der Waals surface area (Å²) in [7, 11) is 0. The molecule has 0 bridgehead atoms. The monoisotopic (exact) mass is 255 g/mol. The SMILES string of the molecule is CCOC(=O)CC(=O)CN1CCC(C)(CC)CC1. The summed E-state index contributed by atoms with van der Waals surface area (Å²) in [5.74, 6) is -0.438. The topological polar surface area (TPSA) is 46.6 Å². The zero-order chi connectivity index (χ0) is 13.6. The second-order valence-corrected chi connectivity index (χ2v) is 5.46. The van der Waals surface area contributed by atoms with Crippen molar-refractivity contribution >= 4 is 11.8 Å². The van der Waals surface area contributed by atoms with Gasteiger partial charge in [-0.3, -0.25) is 14.5 Å². The Morgan fingerprint density at radius 1 is 1.22 bits per heavy atom. The molecule has 18 heavy (non-hydrogen) atoms. The maximum Gasteiger partial charge on any atom is 0.313 e. The van der Waals surface area contributed by atoms with Gasteiger partial charge in [0.15, 0.2) is 5.78 Å². The number of carbonyl (C=O) groups excluding carboxylic acids is 2. The summed E-state index contributed by atoms with van der Waals surface area (Å²) >= 11 is 0. The molecule has 4 nitrogen and oxygen atoms in total. The van der Waals surface area contributed by atoms with Gasteiger partial charge in [0.1, 0.15) is 6.42 Å². The second kappa shape index (κ2) is 6.88. The van der Waals surface area contributed by atoms with E-state index in [0.717, 1.165) is 25.9 Å². The molecule has 0 amide bonds. The molecule has 4 heteroatoms. The molecule has 0 atom stereocenters. The zero-order valence-electron chi connectivity index (χ0n) is 11.8. The summed E-state index contributed by atoms with van der Waals surface area (Å²) in [5.41, 5.74) is 0.431. The molecule has 0 aromatic rings. The van der Waals surface area contributed by atoms with Crippen LogP contribution in [-0.4, -0.2) is 42.9 Å². The van der Waals surface area contributed by atoms with Crippen LogP contribution in [-0.2, 0) is 14.3 Å². The highest BCUT2D eigenvalue weighted by Crippen LogP contribution is 2.33. The van der Waals surface area contributed by atoms with Crippen LogP contribution in [0.25, 0.3) is 0 Å².